The number of ether oxygens (including phenoxy) is 1. The molecule has 2 N–H and O–H groups in total. The van der Waals surface area contributed by atoms with Gasteiger partial charge in [0.15, 0.2) is 0 Å². The molecule has 1 aromatic carbocycles. The molecule has 25 heavy (non-hydrogen) atoms. The number of rotatable bonds is 5. The summed E-state index contributed by atoms with van der Waals surface area (Å²) >= 11 is 0. The second-order valence-electron chi connectivity index (χ2n) is 6.10. The fourth-order valence-electron chi connectivity index (χ4n) is 3.06. The maximum absolute atomic E-state index is 8.86. The topological polar surface area (TPSA) is 91.3 Å². The first-order chi connectivity index (χ1) is 12.2. The van der Waals surface area contributed by atoms with Crippen molar-refractivity contribution in [3.63, 3.8) is 0 Å². The number of hydrazine groups is 1. The predicted molar refractivity (Wildman–Crippen MR) is 94.7 cm³/mol. The third kappa shape index (κ3) is 4.24. The van der Waals surface area contributed by atoms with Crippen LogP contribution in [-0.2, 0) is 6.54 Å². The third-order valence-electron chi connectivity index (χ3n) is 4.51. The highest BCUT2D eigenvalue weighted by molar-refractivity contribution is 5.39. The zero-order chi connectivity index (χ0) is 17.6. The molecule has 2 aromatic rings. The van der Waals surface area contributed by atoms with Crippen molar-refractivity contribution in [3.05, 3.63) is 47.7 Å². The van der Waals surface area contributed by atoms with Gasteiger partial charge in [0, 0.05) is 31.9 Å². The first-order valence-electron chi connectivity index (χ1n) is 8.32. The minimum Gasteiger partial charge on any atom is -0.467 e. The minimum atomic E-state index is 0.329. The molecule has 1 aliphatic heterocycles. The second kappa shape index (κ2) is 7.92. The molecule has 1 saturated heterocycles. The molecule has 2 heterocycles. The Morgan fingerprint density at radius 2 is 2.00 bits per heavy atom. The van der Waals surface area contributed by atoms with Gasteiger partial charge in [-0.1, -0.05) is 12.1 Å². The molecular formula is C18H22N6O. The van der Waals surface area contributed by atoms with Crippen LogP contribution < -0.4 is 15.5 Å². The van der Waals surface area contributed by atoms with Crippen molar-refractivity contribution in [3.8, 4) is 12.1 Å². The van der Waals surface area contributed by atoms with Crippen LogP contribution in [0.2, 0.25) is 0 Å². The van der Waals surface area contributed by atoms with E-state index >= 15 is 0 Å². The van der Waals surface area contributed by atoms with Crippen molar-refractivity contribution in [2.24, 2.45) is 5.84 Å². The normalized spacial score (nSPS) is 15.2. The summed E-state index contributed by atoms with van der Waals surface area (Å²) in [6.07, 6.45) is 3.66. The van der Waals surface area contributed by atoms with Gasteiger partial charge < -0.3 is 9.64 Å². The monoisotopic (exact) mass is 338 g/mol. The largest absolute Gasteiger partial charge is 0.467 e. The fourth-order valence-corrected chi connectivity index (χ4v) is 3.06. The molecule has 7 heteroatoms. The van der Waals surface area contributed by atoms with Crippen LogP contribution >= 0.6 is 0 Å². The number of hydrogen-bond donors (Lipinski definition) is 1. The predicted octanol–water partition coefficient (Wildman–Crippen LogP) is 1.70. The lowest BCUT2D eigenvalue weighted by Crippen LogP contribution is -2.47. The van der Waals surface area contributed by atoms with Crippen LogP contribution in [0, 0.1) is 11.3 Å². The molecule has 0 unspecified atom stereocenters. The van der Waals surface area contributed by atoms with E-state index < -0.39 is 0 Å². The number of aromatic nitrogens is 2. The lowest BCUT2D eigenvalue weighted by atomic mass is 10.0. The van der Waals surface area contributed by atoms with E-state index in [0.717, 1.165) is 37.3 Å². The second-order valence-corrected chi connectivity index (χ2v) is 6.10. The molecule has 1 aliphatic rings. The number of nitrogens with zero attached hydrogens (tertiary/aromatic N) is 5. The molecule has 1 aromatic heterocycles. The van der Waals surface area contributed by atoms with Gasteiger partial charge in [-0.2, -0.15) is 10.2 Å². The SMILES string of the molecule is COc1nccc(N2CCC(N(N)Cc3ccc(C#N)cc3)CC2)n1. The maximum Gasteiger partial charge on any atom is 0.318 e. The van der Waals surface area contributed by atoms with Crippen molar-refractivity contribution >= 4 is 5.82 Å². The van der Waals surface area contributed by atoms with Crippen LogP contribution in [-0.4, -0.2) is 41.2 Å². The highest BCUT2D eigenvalue weighted by atomic mass is 16.5. The molecule has 0 saturated carbocycles. The number of nitrogens with two attached hydrogens (primary N) is 1. The summed E-state index contributed by atoms with van der Waals surface area (Å²) in [5.74, 6) is 7.17. The summed E-state index contributed by atoms with van der Waals surface area (Å²) in [5, 5.41) is 10.8. The summed E-state index contributed by atoms with van der Waals surface area (Å²) in [5.41, 5.74) is 1.78. The van der Waals surface area contributed by atoms with Crippen LogP contribution in [0.25, 0.3) is 0 Å². The zero-order valence-electron chi connectivity index (χ0n) is 14.3. The van der Waals surface area contributed by atoms with Gasteiger partial charge in [0.1, 0.15) is 5.82 Å². The summed E-state index contributed by atoms with van der Waals surface area (Å²) in [6, 6.07) is 12.3. The van der Waals surface area contributed by atoms with Gasteiger partial charge in [-0.05, 0) is 36.6 Å². The fraction of sp³-hybridized carbons (Fsp3) is 0.389. The number of hydrogen-bond acceptors (Lipinski definition) is 7. The molecule has 0 amide bonds. The number of nitriles is 1. The lowest BCUT2D eigenvalue weighted by molar-refractivity contribution is 0.163. The quantitative estimate of drug-likeness (QED) is 0.655. The summed E-state index contributed by atoms with van der Waals surface area (Å²) in [7, 11) is 1.57. The Morgan fingerprint density at radius 1 is 1.28 bits per heavy atom. The highest BCUT2D eigenvalue weighted by Crippen LogP contribution is 2.21. The van der Waals surface area contributed by atoms with Gasteiger partial charge in [0.2, 0.25) is 0 Å². The van der Waals surface area contributed by atoms with E-state index in [0.29, 0.717) is 24.2 Å². The Labute approximate surface area is 147 Å². The van der Waals surface area contributed by atoms with E-state index in [1.54, 1.807) is 13.3 Å². The van der Waals surface area contributed by atoms with E-state index in [4.69, 9.17) is 15.8 Å². The van der Waals surface area contributed by atoms with Crippen molar-refractivity contribution in [1.82, 2.24) is 15.0 Å². The molecule has 130 valence electrons. The zero-order valence-corrected chi connectivity index (χ0v) is 14.3. The molecule has 0 radical (unpaired) electrons. The van der Waals surface area contributed by atoms with Crippen LogP contribution in [0.15, 0.2) is 36.5 Å². The van der Waals surface area contributed by atoms with Gasteiger partial charge in [-0.25, -0.2) is 9.99 Å². The van der Waals surface area contributed by atoms with Gasteiger partial charge in [-0.15, -0.1) is 0 Å². The number of benzene rings is 1. The Hall–Kier alpha value is -2.69. The average Bonchev–Trinajstić information content (AvgIpc) is 2.68. The Morgan fingerprint density at radius 3 is 2.64 bits per heavy atom. The van der Waals surface area contributed by atoms with Gasteiger partial charge >= 0.3 is 6.01 Å². The van der Waals surface area contributed by atoms with E-state index in [1.807, 2.05) is 35.3 Å². The highest BCUT2D eigenvalue weighted by Gasteiger charge is 2.24. The van der Waals surface area contributed by atoms with Crippen molar-refractivity contribution in [2.45, 2.75) is 25.4 Å². The van der Waals surface area contributed by atoms with Gasteiger partial charge in [0.25, 0.3) is 0 Å². The van der Waals surface area contributed by atoms with E-state index in [1.165, 1.54) is 0 Å². The van der Waals surface area contributed by atoms with Gasteiger partial charge in [0.05, 0.1) is 18.7 Å². The summed E-state index contributed by atoms with van der Waals surface area (Å²) in [4.78, 5) is 10.7. The number of methoxy groups -OCH3 is 1. The number of piperidine rings is 1. The van der Waals surface area contributed by atoms with Crippen molar-refractivity contribution < 1.29 is 4.74 Å². The minimum absolute atomic E-state index is 0.329. The molecule has 3 rings (SSSR count). The maximum atomic E-state index is 8.86. The number of anilines is 1. The van der Waals surface area contributed by atoms with Crippen LogP contribution in [0.3, 0.4) is 0 Å². The lowest BCUT2D eigenvalue weighted by Gasteiger charge is -2.36. The van der Waals surface area contributed by atoms with Crippen LogP contribution in [0.4, 0.5) is 5.82 Å². The van der Waals surface area contributed by atoms with Crippen LogP contribution in [0.1, 0.15) is 24.0 Å². The van der Waals surface area contributed by atoms with Gasteiger partial charge in [-0.3, -0.25) is 5.84 Å². The Bertz CT molecular complexity index is 734. The summed E-state index contributed by atoms with van der Waals surface area (Å²) in [6.45, 7) is 2.47. The molecular weight excluding hydrogens is 316 g/mol. The Balaban J connectivity index is 1.55. The first kappa shape index (κ1) is 17.1. The molecule has 0 atom stereocenters. The summed E-state index contributed by atoms with van der Waals surface area (Å²) < 4.78 is 5.09. The molecule has 7 nitrogen and oxygen atoms in total. The first-order valence-corrected chi connectivity index (χ1v) is 8.32. The van der Waals surface area contributed by atoms with Crippen LogP contribution in [0.5, 0.6) is 6.01 Å². The Kier molecular flexibility index (Phi) is 5.43. The molecule has 1 fully saturated rings. The third-order valence-corrected chi connectivity index (χ3v) is 4.51. The molecule has 0 aliphatic carbocycles. The van der Waals surface area contributed by atoms with E-state index in [2.05, 4.69) is 20.9 Å². The molecule has 0 bridgehead atoms. The van der Waals surface area contributed by atoms with E-state index in [-0.39, 0.29) is 0 Å². The average molecular weight is 338 g/mol. The van der Waals surface area contributed by atoms with Crippen molar-refractivity contribution in [2.75, 3.05) is 25.1 Å². The van der Waals surface area contributed by atoms with Crippen molar-refractivity contribution in [1.29, 1.82) is 5.26 Å². The molecule has 0 spiro atoms. The standard InChI is InChI=1S/C18H22N6O/c1-25-18-21-9-6-17(22-18)23-10-7-16(8-11-23)24(20)13-15-4-2-14(12-19)3-5-15/h2-6,9,16H,7-8,10-11,13,20H2,1H3. The van der Waals surface area contributed by atoms with E-state index in [9.17, 15) is 0 Å². The smallest absolute Gasteiger partial charge is 0.318 e.